The molecule has 2 saturated heterocycles. The van der Waals surface area contributed by atoms with Crippen LogP contribution in [-0.2, 0) is 4.74 Å². The third kappa shape index (κ3) is 4.14. The molecule has 0 N–H and O–H groups in total. The van der Waals surface area contributed by atoms with Crippen molar-refractivity contribution < 1.29 is 9.53 Å². The van der Waals surface area contributed by atoms with Gasteiger partial charge in [0.25, 0.3) is 0 Å². The van der Waals surface area contributed by atoms with E-state index in [-0.39, 0.29) is 6.09 Å². The number of nitriles is 1. The number of benzene rings is 1. The molecule has 1 saturated carbocycles. The molecule has 0 radical (unpaired) electrons. The number of rotatable bonds is 2. The number of hydrogen-bond acceptors (Lipinski definition) is 4. The van der Waals surface area contributed by atoms with Crippen molar-refractivity contribution in [1.82, 2.24) is 9.80 Å². The molecule has 1 aliphatic carbocycles. The summed E-state index contributed by atoms with van der Waals surface area (Å²) < 4.78 is 5.54. The van der Waals surface area contributed by atoms with Crippen LogP contribution in [0.2, 0.25) is 0 Å². The van der Waals surface area contributed by atoms with Crippen LogP contribution in [0.25, 0.3) is 0 Å². The Hall–Kier alpha value is -2.06. The number of piperidine rings is 1. The van der Waals surface area contributed by atoms with E-state index in [1.54, 1.807) is 0 Å². The highest BCUT2D eigenvalue weighted by Crippen LogP contribution is 2.53. The van der Waals surface area contributed by atoms with Gasteiger partial charge in [-0.25, -0.2) is 4.79 Å². The standard InChI is InChI=1S/C24H33N3O2/c1-23(2,3)29-22(28)26-13-10-24(11-14-26)15-19(16-24)27-12-6-9-21(27)20-8-5-4-7-18(20)17-25/h4-5,7-8,19,21H,6,9-16H2,1-3H3/t21-/m0/s1. The van der Waals surface area contributed by atoms with Gasteiger partial charge in [-0.1, -0.05) is 18.2 Å². The zero-order valence-electron chi connectivity index (χ0n) is 18.0. The first-order valence-electron chi connectivity index (χ1n) is 11.0. The van der Waals surface area contributed by atoms with Gasteiger partial charge in [-0.05, 0) is 82.9 Å². The van der Waals surface area contributed by atoms with Crippen LogP contribution in [0.4, 0.5) is 4.79 Å². The smallest absolute Gasteiger partial charge is 0.410 e. The molecule has 1 aromatic carbocycles. The molecule has 5 nitrogen and oxygen atoms in total. The number of ether oxygens (including phenoxy) is 1. The average Bonchev–Trinajstić information content (AvgIpc) is 3.14. The van der Waals surface area contributed by atoms with Crippen molar-refractivity contribution in [1.29, 1.82) is 5.26 Å². The van der Waals surface area contributed by atoms with Crippen LogP contribution in [0.15, 0.2) is 24.3 Å². The molecule has 1 spiro atoms. The molecule has 29 heavy (non-hydrogen) atoms. The first kappa shape index (κ1) is 20.2. The summed E-state index contributed by atoms with van der Waals surface area (Å²) in [5.41, 5.74) is 1.99. The van der Waals surface area contributed by atoms with Crippen LogP contribution in [0.3, 0.4) is 0 Å². The predicted molar refractivity (Wildman–Crippen MR) is 112 cm³/mol. The molecular formula is C24H33N3O2. The molecule has 1 amide bonds. The Morgan fingerprint density at radius 2 is 1.86 bits per heavy atom. The highest BCUT2D eigenvalue weighted by molar-refractivity contribution is 5.68. The molecule has 3 fully saturated rings. The number of carbonyl (C=O) groups is 1. The van der Waals surface area contributed by atoms with Crippen molar-refractivity contribution in [3.8, 4) is 6.07 Å². The van der Waals surface area contributed by atoms with Crippen molar-refractivity contribution in [2.75, 3.05) is 19.6 Å². The van der Waals surface area contributed by atoms with E-state index in [1.165, 1.54) is 24.8 Å². The summed E-state index contributed by atoms with van der Waals surface area (Å²) in [5.74, 6) is 0. The fourth-order valence-electron chi connectivity index (χ4n) is 5.52. The molecule has 2 aliphatic heterocycles. The summed E-state index contributed by atoms with van der Waals surface area (Å²) in [4.78, 5) is 16.9. The van der Waals surface area contributed by atoms with Gasteiger partial charge in [-0.3, -0.25) is 4.90 Å². The SMILES string of the molecule is CC(C)(C)OC(=O)N1CCC2(CC1)CC(N1CCC[C@H]1c1ccccc1C#N)C2. The third-order valence-electron chi connectivity index (χ3n) is 7.02. The maximum absolute atomic E-state index is 12.3. The number of carbonyl (C=O) groups excluding carboxylic acids is 1. The van der Waals surface area contributed by atoms with Gasteiger partial charge in [0.1, 0.15) is 5.60 Å². The molecule has 4 rings (SSSR count). The first-order valence-corrected chi connectivity index (χ1v) is 11.0. The first-order chi connectivity index (χ1) is 13.8. The fraction of sp³-hybridized carbons (Fsp3) is 0.667. The lowest BCUT2D eigenvalue weighted by molar-refractivity contribution is -0.0515. The summed E-state index contributed by atoms with van der Waals surface area (Å²) in [6.45, 7) is 8.51. The van der Waals surface area contributed by atoms with Crippen LogP contribution in [0.1, 0.15) is 76.5 Å². The molecule has 156 valence electrons. The van der Waals surface area contributed by atoms with Crippen molar-refractivity contribution >= 4 is 6.09 Å². The lowest BCUT2D eigenvalue weighted by atomic mass is 9.60. The second kappa shape index (κ2) is 7.65. The van der Waals surface area contributed by atoms with E-state index in [9.17, 15) is 10.1 Å². The van der Waals surface area contributed by atoms with E-state index in [2.05, 4.69) is 23.1 Å². The number of amides is 1. The van der Waals surface area contributed by atoms with Gasteiger partial charge in [0.05, 0.1) is 11.6 Å². The molecule has 1 aromatic rings. The largest absolute Gasteiger partial charge is 0.444 e. The van der Waals surface area contributed by atoms with Crippen molar-refractivity contribution in [2.24, 2.45) is 5.41 Å². The maximum atomic E-state index is 12.3. The number of hydrogen-bond donors (Lipinski definition) is 0. The Morgan fingerprint density at radius 1 is 1.17 bits per heavy atom. The fourth-order valence-corrected chi connectivity index (χ4v) is 5.52. The van der Waals surface area contributed by atoms with Crippen molar-refractivity contribution in [3.63, 3.8) is 0 Å². The van der Waals surface area contributed by atoms with Gasteiger partial charge in [0, 0.05) is 25.2 Å². The van der Waals surface area contributed by atoms with E-state index in [1.807, 2.05) is 37.8 Å². The Bertz CT molecular complexity index is 791. The summed E-state index contributed by atoms with van der Waals surface area (Å²) in [7, 11) is 0. The molecule has 1 atom stereocenters. The van der Waals surface area contributed by atoms with E-state index < -0.39 is 5.60 Å². The van der Waals surface area contributed by atoms with Crippen molar-refractivity contribution in [3.05, 3.63) is 35.4 Å². The molecule has 0 aromatic heterocycles. The highest BCUT2D eigenvalue weighted by atomic mass is 16.6. The second-order valence-electron chi connectivity index (χ2n) is 10.1. The van der Waals surface area contributed by atoms with Gasteiger partial charge in [0.2, 0.25) is 0 Å². The lowest BCUT2D eigenvalue weighted by Gasteiger charge is -2.55. The van der Waals surface area contributed by atoms with E-state index in [0.717, 1.165) is 44.5 Å². The van der Waals surface area contributed by atoms with Crippen molar-refractivity contribution in [2.45, 2.75) is 77.0 Å². The summed E-state index contributed by atoms with van der Waals surface area (Å²) in [5, 5.41) is 9.50. The molecule has 2 heterocycles. The van der Waals surface area contributed by atoms with Gasteiger partial charge in [-0.2, -0.15) is 5.26 Å². The minimum Gasteiger partial charge on any atom is -0.444 e. The van der Waals surface area contributed by atoms with Crippen LogP contribution < -0.4 is 0 Å². The maximum Gasteiger partial charge on any atom is 0.410 e. The summed E-state index contributed by atoms with van der Waals surface area (Å²) in [6.07, 6.45) is 6.79. The summed E-state index contributed by atoms with van der Waals surface area (Å²) in [6, 6.07) is 11.5. The monoisotopic (exact) mass is 395 g/mol. The van der Waals surface area contributed by atoms with Crippen LogP contribution in [0, 0.1) is 16.7 Å². The van der Waals surface area contributed by atoms with E-state index in [4.69, 9.17) is 4.74 Å². The van der Waals surface area contributed by atoms with Gasteiger partial charge in [0.15, 0.2) is 0 Å². The Morgan fingerprint density at radius 3 is 2.52 bits per heavy atom. The second-order valence-corrected chi connectivity index (χ2v) is 10.1. The molecular weight excluding hydrogens is 362 g/mol. The van der Waals surface area contributed by atoms with E-state index in [0.29, 0.717) is 17.5 Å². The lowest BCUT2D eigenvalue weighted by Crippen LogP contribution is -2.55. The highest BCUT2D eigenvalue weighted by Gasteiger charge is 2.50. The molecule has 3 aliphatic rings. The zero-order valence-corrected chi connectivity index (χ0v) is 18.0. The zero-order chi connectivity index (χ0) is 20.6. The Labute approximate surface area is 174 Å². The van der Waals surface area contributed by atoms with Crippen LogP contribution >= 0.6 is 0 Å². The number of likely N-dealkylation sites (tertiary alicyclic amines) is 2. The summed E-state index contributed by atoms with van der Waals surface area (Å²) >= 11 is 0. The molecule has 0 bridgehead atoms. The topological polar surface area (TPSA) is 56.6 Å². The molecule has 5 heteroatoms. The average molecular weight is 396 g/mol. The minimum atomic E-state index is -0.432. The van der Waals surface area contributed by atoms with Gasteiger partial charge in [-0.15, -0.1) is 0 Å². The number of nitrogens with zero attached hydrogens (tertiary/aromatic N) is 3. The Kier molecular flexibility index (Phi) is 5.33. The third-order valence-corrected chi connectivity index (χ3v) is 7.02. The van der Waals surface area contributed by atoms with Crippen LogP contribution in [-0.4, -0.2) is 47.2 Å². The predicted octanol–water partition coefficient (Wildman–Crippen LogP) is 4.87. The van der Waals surface area contributed by atoms with Crippen LogP contribution in [0.5, 0.6) is 0 Å². The normalized spacial score (nSPS) is 24.9. The van der Waals surface area contributed by atoms with Gasteiger partial charge >= 0.3 is 6.09 Å². The van der Waals surface area contributed by atoms with E-state index >= 15 is 0 Å². The van der Waals surface area contributed by atoms with Gasteiger partial charge < -0.3 is 9.64 Å². The quantitative estimate of drug-likeness (QED) is 0.716. The minimum absolute atomic E-state index is 0.170. The Balaban J connectivity index is 1.34. The molecule has 0 unspecified atom stereocenters.